The normalized spacial score (nSPS) is 20.0. The topological polar surface area (TPSA) is 90.6 Å². The summed E-state index contributed by atoms with van der Waals surface area (Å²) in [4.78, 5) is 23.1. The summed E-state index contributed by atoms with van der Waals surface area (Å²) in [6, 6.07) is 6.22. The Labute approximate surface area is 184 Å². The molecule has 2 N–H and O–H groups in total. The van der Waals surface area contributed by atoms with Crippen molar-refractivity contribution in [2.45, 2.75) is 70.6 Å². The predicted octanol–water partition coefficient (Wildman–Crippen LogP) is 3.94. The number of carbonyl (C=O) groups excluding carboxylic acids is 1. The fourth-order valence-electron chi connectivity index (χ4n) is 4.73. The Hall–Kier alpha value is -2.67. The first-order valence-corrected chi connectivity index (χ1v) is 11.3. The van der Waals surface area contributed by atoms with Crippen molar-refractivity contribution in [3.8, 4) is 11.5 Å². The van der Waals surface area contributed by atoms with E-state index in [4.69, 9.17) is 15.2 Å². The number of piperidine rings is 1. The first kappa shape index (κ1) is 21.6. The van der Waals surface area contributed by atoms with E-state index in [2.05, 4.69) is 20.9 Å². The van der Waals surface area contributed by atoms with Gasteiger partial charge in [0, 0.05) is 18.3 Å². The maximum Gasteiger partial charge on any atom is 0.252 e. The summed E-state index contributed by atoms with van der Waals surface area (Å²) in [5.74, 6) is 1.91. The molecule has 2 fully saturated rings. The van der Waals surface area contributed by atoms with Gasteiger partial charge in [0.1, 0.15) is 5.82 Å². The summed E-state index contributed by atoms with van der Waals surface area (Å²) in [6.45, 7) is 3.52. The smallest absolute Gasteiger partial charge is 0.252 e. The number of methoxy groups -OCH3 is 1. The number of primary amides is 1. The second-order valence-electron chi connectivity index (χ2n) is 8.55. The maximum absolute atomic E-state index is 11.6. The van der Waals surface area contributed by atoms with Crippen LogP contribution in [0.2, 0.25) is 0 Å². The number of nitrogens with two attached hydrogens (primary N) is 1. The van der Waals surface area contributed by atoms with Crippen LogP contribution in [0.5, 0.6) is 11.5 Å². The van der Waals surface area contributed by atoms with E-state index in [-0.39, 0.29) is 12.1 Å². The Morgan fingerprint density at radius 3 is 2.68 bits per heavy atom. The van der Waals surface area contributed by atoms with Crippen molar-refractivity contribution in [1.82, 2.24) is 14.9 Å². The third-order valence-corrected chi connectivity index (χ3v) is 6.42. The van der Waals surface area contributed by atoms with Crippen molar-refractivity contribution < 1.29 is 14.3 Å². The molecule has 1 aliphatic heterocycles. The Morgan fingerprint density at radius 2 is 1.97 bits per heavy atom. The summed E-state index contributed by atoms with van der Waals surface area (Å²) >= 11 is 0. The SMILES string of the molecule is COc1cccc(CN2CCCC[C@H]2c2ncc(C(N)=O)c(C)n2)c1OC1CCCC1. The summed E-state index contributed by atoms with van der Waals surface area (Å²) in [6.07, 6.45) is 9.72. The number of aryl methyl sites for hydroxylation is 1. The van der Waals surface area contributed by atoms with E-state index in [1.165, 1.54) is 12.8 Å². The highest BCUT2D eigenvalue weighted by Crippen LogP contribution is 2.38. The third kappa shape index (κ3) is 4.82. The molecular formula is C24H32N4O3. The summed E-state index contributed by atoms with van der Waals surface area (Å²) < 4.78 is 12.1. The van der Waals surface area contributed by atoms with Crippen LogP contribution in [0.25, 0.3) is 0 Å². The van der Waals surface area contributed by atoms with Gasteiger partial charge in [0.05, 0.1) is 30.5 Å². The molecule has 31 heavy (non-hydrogen) atoms. The minimum absolute atomic E-state index is 0.0971. The van der Waals surface area contributed by atoms with E-state index in [1.807, 2.05) is 19.1 Å². The number of nitrogens with zero attached hydrogens (tertiary/aromatic N) is 3. The molecule has 1 aliphatic carbocycles. The van der Waals surface area contributed by atoms with Crippen molar-refractivity contribution in [1.29, 1.82) is 0 Å². The van der Waals surface area contributed by atoms with Crippen molar-refractivity contribution in [3.63, 3.8) is 0 Å². The van der Waals surface area contributed by atoms with Gasteiger partial charge in [0.25, 0.3) is 5.91 Å². The third-order valence-electron chi connectivity index (χ3n) is 6.42. The predicted molar refractivity (Wildman–Crippen MR) is 118 cm³/mol. The molecule has 1 saturated carbocycles. The van der Waals surface area contributed by atoms with Crippen LogP contribution in [0.3, 0.4) is 0 Å². The molecule has 2 heterocycles. The lowest BCUT2D eigenvalue weighted by atomic mass is 9.99. The standard InChI is InChI=1S/C24H32N4O3/c1-16-19(23(25)29)14-26-24(27-16)20-11-5-6-13-28(20)15-17-8-7-12-21(30-2)22(17)31-18-9-3-4-10-18/h7-8,12,14,18,20H,3-6,9-11,13,15H2,1-2H3,(H2,25,29)/t20-/m0/s1. The van der Waals surface area contributed by atoms with Crippen LogP contribution in [-0.4, -0.2) is 40.5 Å². The highest BCUT2D eigenvalue weighted by molar-refractivity contribution is 5.93. The molecule has 1 aromatic carbocycles. The molecule has 166 valence electrons. The first-order chi connectivity index (χ1) is 15.1. The largest absolute Gasteiger partial charge is 0.493 e. The van der Waals surface area contributed by atoms with Gasteiger partial charge in [0.2, 0.25) is 0 Å². The van der Waals surface area contributed by atoms with Crippen molar-refractivity contribution in [2.24, 2.45) is 5.73 Å². The molecule has 1 amide bonds. The molecule has 7 heteroatoms. The second kappa shape index (κ2) is 9.64. The first-order valence-electron chi connectivity index (χ1n) is 11.3. The van der Waals surface area contributed by atoms with Crippen molar-refractivity contribution >= 4 is 5.91 Å². The number of hydrogen-bond donors (Lipinski definition) is 1. The van der Waals surface area contributed by atoms with Crippen molar-refractivity contribution in [2.75, 3.05) is 13.7 Å². The zero-order valence-electron chi connectivity index (χ0n) is 18.5. The number of para-hydroxylation sites is 1. The zero-order chi connectivity index (χ0) is 21.8. The number of aromatic nitrogens is 2. The molecule has 7 nitrogen and oxygen atoms in total. The van der Waals surface area contributed by atoms with Crippen LogP contribution < -0.4 is 15.2 Å². The summed E-state index contributed by atoms with van der Waals surface area (Å²) in [5, 5.41) is 0. The Bertz CT molecular complexity index is 927. The van der Waals surface area contributed by atoms with Crippen LogP contribution in [-0.2, 0) is 6.54 Å². The zero-order valence-corrected chi connectivity index (χ0v) is 18.5. The quantitative estimate of drug-likeness (QED) is 0.724. The molecule has 4 rings (SSSR count). The van der Waals surface area contributed by atoms with E-state index in [9.17, 15) is 4.79 Å². The van der Waals surface area contributed by atoms with Crippen LogP contribution in [0, 0.1) is 6.92 Å². The molecule has 1 atom stereocenters. The lowest BCUT2D eigenvalue weighted by molar-refractivity contribution is 0.0998. The van der Waals surface area contributed by atoms with Gasteiger partial charge in [-0.25, -0.2) is 9.97 Å². The Balaban J connectivity index is 1.60. The molecular weight excluding hydrogens is 392 g/mol. The van der Waals surface area contributed by atoms with Crippen LogP contribution in [0.4, 0.5) is 0 Å². The number of amides is 1. The van der Waals surface area contributed by atoms with Gasteiger partial charge in [-0.3, -0.25) is 9.69 Å². The molecule has 2 aliphatic rings. The van der Waals surface area contributed by atoms with Crippen molar-refractivity contribution in [3.05, 3.63) is 47.0 Å². The van der Waals surface area contributed by atoms with Gasteiger partial charge >= 0.3 is 0 Å². The fourth-order valence-corrected chi connectivity index (χ4v) is 4.73. The van der Waals surface area contributed by atoms with Crippen LogP contribution in [0.15, 0.2) is 24.4 Å². The Morgan fingerprint density at radius 1 is 1.19 bits per heavy atom. The molecule has 0 unspecified atom stereocenters. The molecule has 0 radical (unpaired) electrons. The van der Waals surface area contributed by atoms with E-state index in [0.29, 0.717) is 11.3 Å². The lowest BCUT2D eigenvalue weighted by Crippen LogP contribution is -2.34. The van der Waals surface area contributed by atoms with Gasteiger partial charge in [-0.1, -0.05) is 18.6 Å². The minimum atomic E-state index is -0.491. The van der Waals surface area contributed by atoms with Gasteiger partial charge < -0.3 is 15.2 Å². The van der Waals surface area contributed by atoms with Crippen LogP contribution in [0.1, 0.15) is 78.4 Å². The Kier molecular flexibility index (Phi) is 6.70. The molecule has 1 aromatic heterocycles. The maximum atomic E-state index is 11.6. The summed E-state index contributed by atoms with van der Waals surface area (Å²) in [7, 11) is 1.70. The lowest BCUT2D eigenvalue weighted by Gasteiger charge is -2.35. The number of ether oxygens (including phenoxy) is 2. The number of carbonyl (C=O) groups is 1. The van der Waals surface area contributed by atoms with Crippen LogP contribution >= 0.6 is 0 Å². The molecule has 0 bridgehead atoms. The number of rotatable bonds is 7. The fraction of sp³-hybridized carbons (Fsp3) is 0.542. The average molecular weight is 425 g/mol. The van der Waals surface area contributed by atoms with E-state index < -0.39 is 5.91 Å². The average Bonchev–Trinajstić information content (AvgIpc) is 3.28. The summed E-state index contributed by atoms with van der Waals surface area (Å²) in [5.41, 5.74) is 7.57. The van der Waals surface area contributed by atoms with Gasteiger partial charge in [-0.15, -0.1) is 0 Å². The second-order valence-corrected chi connectivity index (χ2v) is 8.55. The minimum Gasteiger partial charge on any atom is -0.493 e. The monoisotopic (exact) mass is 424 g/mol. The van der Waals surface area contributed by atoms with Gasteiger partial charge in [-0.05, 0) is 58.1 Å². The van der Waals surface area contributed by atoms with E-state index in [1.54, 1.807) is 13.3 Å². The highest BCUT2D eigenvalue weighted by atomic mass is 16.5. The van der Waals surface area contributed by atoms with Gasteiger partial charge in [0.15, 0.2) is 11.5 Å². The number of likely N-dealkylation sites (tertiary alicyclic amines) is 1. The number of hydrogen-bond acceptors (Lipinski definition) is 6. The van der Waals surface area contributed by atoms with E-state index in [0.717, 1.165) is 68.1 Å². The number of benzene rings is 1. The highest BCUT2D eigenvalue weighted by Gasteiger charge is 2.29. The molecule has 2 aromatic rings. The molecule has 0 spiro atoms. The molecule has 1 saturated heterocycles. The van der Waals surface area contributed by atoms with E-state index >= 15 is 0 Å². The van der Waals surface area contributed by atoms with Gasteiger partial charge in [-0.2, -0.15) is 0 Å².